The van der Waals surface area contributed by atoms with Gasteiger partial charge >= 0.3 is 0 Å². The van der Waals surface area contributed by atoms with Crippen LogP contribution in [-0.2, 0) is 0 Å². The van der Waals surface area contributed by atoms with Crippen molar-refractivity contribution in [1.29, 1.82) is 0 Å². The number of nitrogens with zero attached hydrogens (tertiary/aromatic N) is 5. The smallest absolute Gasteiger partial charge is 0.233 e. The van der Waals surface area contributed by atoms with Crippen LogP contribution in [0.4, 0.5) is 5.95 Å². The van der Waals surface area contributed by atoms with Crippen LogP contribution in [0.25, 0.3) is 44.5 Å². The molecule has 0 amide bonds. The van der Waals surface area contributed by atoms with Gasteiger partial charge < -0.3 is 9.32 Å². The number of aromatic nitrogens is 2. The number of hydrogen-bond donors (Lipinski definition) is 0. The highest BCUT2D eigenvalue weighted by molar-refractivity contribution is 6.06. The van der Waals surface area contributed by atoms with Crippen molar-refractivity contribution >= 4 is 33.8 Å². The quantitative estimate of drug-likeness (QED) is 0.229. The van der Waals surface area contributed by atoms with Gasteiger partial charge in [-0.2, -0.15) is 0 Å². The Balaban J connectivity index is 1.45. The molecule has 6 heteroatoms. The Morgan fingerprint density at radius 2 is 1.22 bits per heavy atom. The van der Waals surface area contributed by atoms with Crippen LogP contribution in [-0.4, -0.2) is 43.0 Å². The molecule has 0 unspecified atom stereocenters. The molecule has 1 fully saturated rings. The van der Waals surface area contributed by atoms with Gasteiger partial charge in [0.05, 0.1) is 33.5 Å². The average Bonchev–Trinajstić information content (AvgIpc) is 3.44. The third kappa shape index (κ3) is 3.46. The number of para-hydroxylation sites is 1. The first-order valence-electron chi connectivity index (χ1n) is 14.4. The Kier molecular flexibility index (Phi) is 5.14. The monoisotopic (exact) mass is 543 g/mol. The summed E-state index contributed by atoms with van der Waals surface area (Å²) in [6, 6.07) is 26.9. The second kappa shape index (κ2) is 8.19. The third-order valence-corrected chi connectivity index (χ3v) is 10.1. The van der Waals surface area contributed by atoms with Crippen molar-refractivity contribution in [2.45, 2.75) is 77.5 Å². The molecule has 208 valence electrons. The highest BCUT2D eigenvalue weighted by Gasteiger charge is 2.66. The van der Waals surface area contributed by atoms with E-state index in [-0.39, 0.29) is 22.2 Å². The summed E-state index contributed by atoms with van der Waals surface area (Å²) < 4.78 is 6.24. The zero-order chi connectivity index (χ0) is 28.9. The van der Waals surface area contributed by atoms with E-state index in [9.17, 15) is 0 Å². The number of furan rings is 1. The average molecular weight is 544 g/mol. The van der Waals surface area contributed by atoms with Crippen LogP contribution in [0, 0.1) is 0 Å². The maximum Gasteiger partial charge on any atom is 0.233 e. The summed E-state index contributed by atoms with van der Waals surface area (Å²) in [5.74, 6) is 1.58. The number of hydrogen-bond acceptors (Lipinski definition) is 6. The zero-order valence-electron chi connectivity index (χ0n) is 25.1. The minimum absolute atomic E-state index is 0.190. The van der Waals surface area contributed by atoms with Crippen LogP contribution in [0.3, 0.4) is 0 Å². The molecule has 0 radical (unpaired) electrons. The largest absolute Gasteiger partial charge is 0.456 e. The van der Waals surface area contributed by atoms with Gasteiger partial charge in [-0.05, 0) is 79.7 Å². The number of guanidine groups is 1. The molecular weight excluding hydrogens is 506 g/mol. The molecule has 6 nitrogen and oxygen atoms in total. The van der Waals surface area contributed by atoms with Crippen molar-refractivity contribution in [3.8, 4) is 22.5 Å². The molecule has 2 aliphatic heterocycles. The van der Waals surface area contributed by atoms with Crippen LogP contribution in [0.1, 0.15) is 55.4 Å². The number of fused-ring (bicyclic) bond motifs is 4. The van der Waals surface area contributed by atoms with Gasteiger partial charge in [-0.1, -0.05) is 54.6 Å². The lowest BCUT2D eigenvalue weighted by molar-refractivity contribution is 0.0528. The number of aliphatic imine (C=N–C) groups is 1. The molecule has 2 aromatic heterocycles. The molecule has 1 saturated heterocycles. The Morgan fingerprint density at radius 1 is 0.585 bits per heavy atom. The topological polar surface area (TPSA) is 57.8 Å². The number of rotatable bonds is 3. The van der Waals surface area contributed by atoms with Gasteiger partial charge in [-0.15, -0.1) is 0 Å². The summed E-state index contributed by atoms with van der Waals surface area (Å²) in [7, 11) is 0. The number of benzene rings is 3. The highest BCUT2D eigenvalue weighted by Crippen LogP contribution is 2.53. The van der Waals surface area contributed by atoms with Crippen molar-refractivity contribution in [2.75, 3.05) is 4.90 Å². The summed E-state index contributed by atoms with van der Waals surface area (Å²) in [4.78, 5) is 20.5. The SMILES string of the molecule is CC1(C)N=C2N(c3nc(-c4ccccc4)cc(-c4ccc5c(c4)oc4ccccc45)n3)C(C)(C)C(C)(C)N2C1(C)C. The Labute approximate surface area is 241 Å². The molecule has 0 bridgehead atoms. The summed E-state index contributed by atoms with van der Waals surface area (Å²) in [6.07, 6.45) is 0. The maximum atomic E-state index is 6.24. The van der Waals surface area contributed by atoms with Crippen molar-refractivity contribution < 1.29 is 4.42 Å². The van der Waals surface area contributed by atoms with E-state index < -0.39 is 0 Å². The normalized spacial score (nSPS) is 20.0. The summed E-state index contributed by atoms with van der Waals surface area (Å²) >= 11 is 0. The van der Waals surface area contributed by atoms with Crippen LogP contribution in [0.15, 0.2) is 88.3 Å². The second-order valence-corrected chi connectivity index (χ2v) is 13.4. The first kappa shape index (κ1) is 25.8. The summed E-state index contributed by atoms with van der Waals surface area (Å²) in [5.41, 5.74) is 4.45. The second-order valence-electron chi connectivity index (χ2n) is 13.4. The lowest BCUT2D eigenvalue weighted by atomic mass is 9.76. The van der Waals surface area contributed by atoms with E-state index in [2.05, 4.69) is 108 Å². The van der Waals surface area contributed by atoms with Gasteiger partial charge in [0.2, 0.25) is 11.9 Å². The minimum atomic E-state index is -0.338. The molecule has 3 aromatic carbocycles. The van der Waals surface area contributed by atoms with Crippen LogP contribution >= 0.6 is 0 Å². The Bertz CT molecular complexity index is 1860. The van der Waals surface area contributed by atoms with E-state index in [0.717, 1.165) is 50.4 Å². The fraction of sp³-hybridized carbons (Fsp3) is 0.343. The third-order valence-electron chi connectivity index (χ3n) is 10.1. The molecular formula is C35H37N5O. The van der Waals surface area contributed by atoms with Crippen molar-refractivity contribution in [3.05, 3.63) is 78.9 Å². The van der Waals surface area contributed by atoms with Crippen LogP contribution in [0.2, 0.25) is 0 Å². The van der Waals surface area contributed by atoms with Crippen LogP contribution < -0.4 is 4.90 Å². The molecule has 0 spiro atoms. The van der Waals surface area contributed by atoms with E-state index in [1.54, 1.807) is 0 Å². The van der Waals surface area contributed by atoms with Gasteiger partial charge in [0.1, 0.15) is 11.2 Å². The molecule has 41 heavy (non-hydrogen) atoms. The van der Waals surface area contributed by atoms with E-state index in [4.69, 9.17) is 19.4 Å². The van der Waals surface area contributed by atoms with E-state index in [1.807, 2.05) is 36.4 Å². The fourth-order valence-electron chi connectivity index (χ4n) is 6.52. The Morgan fingerprint density at radius 3 is 1.95 bits per heavy atom. The molecule has 5 aromatic rings. The lowest BCUT2D eigenvalue weighted by Gasteiger charge is -2.50. The van der Waals surface area contributed by atoms with Crippen molar-refractivity contribution in [1.82, 2.24) is 14.9 Å². The highest BCUT2D eigenvalue weighted by atomic mass is 16.3. The molecule has 0 atom stereocenters. The molecule has 2 aliphatic rings. The van der Waals surface area contributed by atoms with Gasteiger partial charge in [-0.25, -0.2) is 15.0 Å². The first-order valence-corrected chi connectivity index (χ1v) is 14.4. The van der Waals surface area contributed by atoms with E-state index in [1.165, 1.54) is 0 Å². The Hall–Kier alpha value is -4.19. The van der Waals surface area contributed by atoms with E-state index >= 15 is 0 Å². The predicted molar refractivity (Wildman–Crippen MR) is 168 cm³/mol. The van der Waals surface area contributed by atoms with Gasteiger partial charge in [0, 0.05) is 21.9 Å². The summed E-state index contributed by atoms with van der Waals surface area (Å²) in [6.45, 7) is 18.2. The van der Waals surface area contributed by atoms with Gasteiger partial charge in [0.15, 0.2) is 0 Å². The standard InChI is InChI=1S/C35H37N5O/c1-32(2)33(3,4)40-31(38-32)39(34(5,6)35(40,7)8)30-36-26(22-14-10-9-11-15-22)21-27(37-30)23-18-19-25-24-16-12-13-17-28(24)41-29(25)20-23/h9-21H,1-8H3. The van der Waals surface area contributed by atoms with Gasteiger partial charge in [-0.3, -0.25) is 4.90 Å². The maximum absolute atomic E-state index is 6.24. The molecule has 7 rings (SSSR count). The molecule has 0 N–H and O–H groups in total. The number of anilines is 1. The molecule has 0 aliphatic carbocycles. The zero-order valence-corrected chi connectivity index (χ0v) is 25.1. The minimum Gasteiger partial charge on any atom is -0.456 e. The molecule has 4 heterocycles. The van der Waals surface area contributed by atoms with Gasteiger partial charge in [0.25, 0.3) is 0 Å². The van der Waals surface area contributed by atoms with Crippen molar-refractivity contribution in [2.24, 2.45) is 4.99 Å². The lowest BCUT2D eigenvalue weighted by Crippen LogP contribution is -2.63. The van der Waals surface area contributed by atoms with E-state index in [0.29, 0.717) is 5.95 Å². The van der Waals surface area contributed by atoms with Crippen LogP contribution in [0.5, 0.6) is 0 Å². The predicted octanol–water partition coefficient (Wildman–Crippen LogP) is 8.32. The van der Waals surface area contributed by atoms with Crippen molar-refractivity contribution in [3.63, 3.8) is 0 Å². The first-order chi connectivity index (χ1) is 19.3. The molecule has 0 saturated carbocycles. The fourth-order valence-corrected chi connectivity index (χ4v) is 6.52. The summed E-state index contributed by atoms with van der Waals surface area (Å²) in [5, 5.41) is 2.22.